The molecule has 2 heterocycles. The van der Waals surface area contributed by atoms with Gasteiger partial charge in [-0.3, -0.25) is 13.6 Å². The number of carbonyl (C=O) groups excluding carboxylic acids is 2. The lowest BCUT2D eigenvalue weighted by molar-refractivity contribution is -0.793. The van der Waals surface area contributed by atoms with Crippen molar-refractivity contribution in [1.29, 1.82) is 0 Å². The van der Waals surface area contributed by atoms with Gasteiger partial charge in [-0.1, -0.05) is 0 Å². The maximum absolute atomic E-state index is 10.4. The quantitative estimate of drug-likeness (QED) is 0.0408. The Labute approximate surface area is 263 Å². The van der Waals surface area contributed by atoms with Crippen LogP contribution < -0.4 is 20.2 Å². The van der Waals surface area contributed by atoms with Gasteiger partial charge in [0.05, 0.1) is 44.4 Å². The fourth-order valence-corrected chi connectivity index (χ4v) is 4.31. The van der Waals surface area contributed by atoms with E-state index in [4.69, 9.17) is 30.6 Å². The third kappa shape index (κ3) is 20.2. The van der Waals surface area contributed by atoms with Crippen LogP contribution in [0, 0.1) is 0 Å². The Balaban J connectivity index is 0. The minimum atomic E-state index is -5.08. The molecule has 0 radical (unpaired) electrons. The molecule has 0 aromatic rings. The van der Waals surface area contributed by atoms with Crippen LogP contribution in [0.15, 0.2) is 0 Å². The fourth-order valence-electron chi connectivity index (χ4n) is 2.96. The van der Waals surface area contributed by atoms with Crippen molar-refractivity contribution >= 4 is 43.0 Å². The maximum atomic E-state index is 10.4. The highest BCUT2D eigenvalue weighted by molar-refractivity contribution is 7.83. The third-order valence-electron chi connectivity index (χ3n) is 5.05. The number of aliphatic hydroxyl groups is 7. The molecule has 47 heavy (non-hydrogen) atoms. The number of carboxylic acids is 2. The van der Waals surface area contributed by atoms with Gasteiger partial charge in [0.25, 0.3) is 0 Å². The average Bonchev–Trinajstić information content (AvgIpc) is 2.91. The van der Waals surface area contributed by atoms with Crippen molar-refractivity contribution in [1.82, 2.24) is 4.72 Å². The van der Waals surface area contributed by atoms with Crippen LogP contribution >= 0.6 is 0 Å². The zero-order chi connectivity index (χ0) is 37.5. The molecule has 0 aliphatic carbocycles. The molecule has 2 aliphatic rings. The first-order valence-corrected chi connectivity index (χ1v) is 15.5. The van der Waals surface area contributed by atoms with Gasteiger partial charge in [-0.25, -0.2) is 30.0 Å². The van der Waals surface area contributed by atoms with Gasteiger partial charge >= 0.3 is 0 Å². The summed E-state index contributed by atoms with van der Waals surface area (Å²) in [5.41, 5.74) is 0. The molecular weight excluding hydrogens is 734 g/mol. The molecule has 0 aromatic carbocycles. The van der Waals surface area contributed by atoms with E-state index in [0.717, 1.165) is 0 Å². The fraction of sp³-hybridized carbons (Fsp3) is 0.875. The SMILES string of the molecule is O=C([O-])C(O)C(O)CO.O=C([O-])C1OCC(OS(=O)(=O)[O-])[C@H](O)[C@@H]1O.O=S(=O)([O-])NC1COC(COS(=O)(=O)[O-])[C@@H](O)[C@H]1O.[O-]OO. The number of aliphatic hydroxyl groups excluding tert-OH is 7. The van der Waals surface area contributed by atoms with Gasteiger partial charge in [-0.15, -0.1) is 0 Å². The van der Waals surface area contributed by atoms with E-state index in [2.05, 4.69) is 13.1 Å². The molecule has 9 N–H and O–H groups in total. The molecule has 6 unspecified atom stereocenters. The van der Waals surface area contributed by atoms with Crippen LogP contribution in [0.2, 0.25) is 0 Å². The molecule has 0 bridgehead atoms. The highest BCUT2D eigenvalue weighted by Gasteiger charge is 2.41. The van der Waals surface area contributed by atoms with Crippen LogP contribution in [0.3, 0.4) is 0 Å². The minimum Gasteiger partial charge on any atom is -0.735 e. The molecule has 2 rings (SSSR count). The van der Waals surface area contributed by atoms with Crippen molar-refractivity contribution in [3.05, 3.63) is 0 Å². The summed E-state index contributed by atoms with van der Waals surface area (Å²) in [4.78, 5) is 20.0. The summed E-state index contributed by atoms with van der Waals surface area (Å²) in [5.74, 6) is -3.56. The molecular formula is C16H27NO27S3-6. The monoisotopic (exact) mass is 761 g/mol. The van der Waals surface area contributed by atoms with Gasteiger partial charge in [0.15, 0.2) is 10.3 Å². The van der Waals surface area contributed by atoms with Crippen LogP contribution in [0.1, 0.15) is 0 Å². The molecule has 0 saturated carbocycles. The second kappa shape index (κ2) is 21.2. The molecule has 31 heteroatoms. The summed E-state index contributed by atoms with van der Waals surface area (Å²) in [6.07, 6.45) is -15.7. The number of hydrogen-bond acceptors (Lipinski definition) is 27. The van der Waals surface area contributed by atoms with E-state index in [-0.39, 0.29) is 0 Å². The first-order valence-electron chi connectivity index (χ1n) is 11.5. The molecule has 0 spiro atoms. The van der Waals surface area contributed by atoms with E-state index in [0.29, 0.717) is 0 Å². The predicted octanol–water partition coefficient (Wildman–Crippen LogP) is -13.1. The van der Waals surface area contributed by atoms with Crippen LogP contribution in [0.25, 0.3) is 0 Å². The Bertz CT molecular complexity index is 1260. The van der Waals surface area contributed by atoms with E-state index in [1.165, 1.54) is 4.72 Å². The first kappa shape index (κ1) is 47.2. The lowest BCUT2D eigenvalue weighted by Gasteiger charge is -2.38. The minimum absolute atomic E-state index is 0.507. The van der Waals surface area contributed by atoms with Gasteiger partial charge in [-0.05, 0) is 0 Å². The third-order valence-corrected chi connectivity index (χ3v) is 6.55. The molecule has 2 saturated heterocycles. The Morgan fingerprint density at radius 2 is 1.36 bits per heavy atom. The average molecular weight is 762 g/mol. The summed E-state index contributed by atoms with van der Waals surface area (Å²) in [5, 5.41) is 98.8. The molecule has 2 aliphatic heterocycles. The van der Waals surface area contributed by atoms with Crippen molar-refractivity contribution < 1.29 is 128 Å². The van der Waals surface area contributed by atoms with Gasteiger partial charge in [-0.2, -0.15) is 0 Å². The van der Waals surface area contributed by atoms with Gasteiger partial charge in [0, 0.05) is 0 Å². The number of carbonyl (C=O) groups is 2. The van der Waals surface area contributed by atoms with E-state index >= 15 is 0 Å². The Morgan fingerprint density at radius 3 is 1.72 bits per heavy atom. The molecule has 282 valence electrons. The number of ether oxygens (including phenoxy) is 2. The number of hydrogen-bond donors (Lipinski definition) is 9. The van der Waals surface area contributed by atoms with Gasteiger partial charge in [0.1, 0.15) is 54.9 Å². The van der Waals surface area contributed by atoms with Crippen LogP contribution in [0.4, 0.5) is 0 Å². The highest BCUT2D eigenvalue weighted by atomic mass is 32.3. The predicted molar refractivity (Wildman–Crippen MR) is 123 cm³/mol. The van der Waals surface area contributed by atoms with Crippen molar-refractivity contribution in [2.24, 2.45) is 0 Å². The second-order valence-corrected chi connectivity index (χ2v) is 11.6. The second-order valence-electron chi connectivity index (χ2n) is 8.41. The number of carboxylic acid groups (broad SMARTS) is 2. The van der Waals surface area contributed by atoms with E-state index < -0.39 is 130 Å². The molecule has 28 nitrogen and oxygen atoms in total. The number of rotatable bonds is 11. The zero-order valence-corrected chi connectivity index (χ0v) is 25.1. The first-order chi connectivity index (χ1) is 21.2. The number of aliphatic carboxylic acids is 2. The Morgan fingerprint density at radius 1 is 0.851 bits per heavy atom. The highest BCUT2D eigenvalue weighted by Crippen LogP contribution is 2.19. The van der Waals surface area contributed by atoms with Crippen molar-refractivity contribution in [3.8, 4) is 0 Å². The van der Waals surface area contributed by atoms with Crippen LogP contribution in [-0.4, -0.2) is 179 Å². The summed E-state index contributed by atoms with van der Waals surface area (Å²) in [7, 11) is -14.9. The van der Waals surface area contributed by atoms with Crippen molar-refractivity contribution in [2.75, 3.05) is 26.4 Å². The molecule has 10 atom stereocenters. The maximum Gasteiger partial charge on any atom is 0.218 e. The Kier molecular flexibility index (Phi) is 21.3. The van der Waals surface area contributed by atoms with E-state index in [9.17, 15) is 79.1 Å². The smallest absolute Gasteiger partial charge is 0.218 e. The normalized spacial score (nSPS) is 29.3. The largest absolute Gasteiger partial charge is 0.735 e. The standard InChI is InChI=1S/C6H13NO10S2.C6H10O9S.C4H8O5.H2O3/c8-5-3(7-18(10,11)12)1-16-4(6(5)9)2-17-19(13,14)15;7-3-2(15-16(11,12)13)1-14-5(4(3)8)6(9)10;5-1-2(6)3(7)4(8)9;1-3-2/h3-9H,1-2H2,(H,10,11,12)(H,13,14,15);2-5,7-8H,1H2,(H,9,10)(H,11,12,13);2-3,5-7H,1H2,(H,8,9);1-2H/p-6/t3?,4?,5-,6+;2?,3-,4-,5?;;/m00../s1. The lowest BCUT2D eigenvalue weighted by atomic mass is 9.99. The van der Waals surface area contributed by atoms with Crippen LogP contribution in [-0.2, 0) is 63.6 Å². The molecule has 2 fully saturated rings. The van der Waals surface area contributed by atoms with Gasteiger partial charge < -0.3 is 89.0 Å². The zero-order valence-electron chi connectivity index (χ0n) is 22.7. The topological polar surface area (TPSA) is 495 Å². The van der Waals surface area contributed by atoms with Gasteiger partial charge in [0.2, 0.25) is 20.8 Å². The molecule has 0 amide bonds. The summed E-state index contributed by atoms with van der Waals surface area (Å²) < 4.78 is 111. The van der Waals surface area contributed by atoms with Crippen molar-refractivity contribution in [3.63, 3.8) is 0 Å². The summed E-state index contributed by atoms with van der Waals surface area (Å²) >= 11 is 0. The number of nitrogens with one attached hydrogen (secondary N) is 1. The molecule has 0 aromatic heterocycles. The summed E-state index contributed by atoms with van der Waals surface area (Å²) in [6.45, 7) is -2.82. The van der Waals surface area contributed by atoms with Crippen molar-refractivity contribution in [2.45, 2.75) is 61.0 Å². The van der Waals surface area contributed by atoms with E-state index in [1.807, 2.05) is 5.04 Å². The lowest BCUT2D eigenvalue weighted by Crippen LogP contribution is -2.60. The van der Waals surface area contributed by atoms with E-state index in [1.54, 1.807) is 0 Å². The summed E-state index contributed by atoms with van der Waals surface area (Å²) in [6, 6.07) is -1.39. The Hall–Kier alpha value is -1.93. The van der Waals surface area contributed by atoms with Crippen LogP contribution in [0.5, 0.6) is 0 Å².